The van der Waals surface area contributed by atoms with Crippen molar-refractivity contribution in [3.8, 4) is 0 Å². The van der Waals surface area contributed by atoms with Crippen molar-refractivity contribution in [2.75, 3.05) is 119 Å². The molecule has 0 aromatic carbocycles. The molecular formula is C24H40O10S4. The molecule has 2 aliphatic rings. The second-order valence-corrected chi connectivity index (χ2v) is 12.0. The maximum atomic E-state index is 8.61. The van der Waals surface area contributed by atoms with Crippen LogP contribution in [0.4, 0.5) is 0 Å². The fourth-order valence-electron chi connectivity index (χ4n) is 2.67. The predicted molar refractivity (Wildman–Crippen MR) is 154 cm³/mol. The lowest BCUT2D eigenvalue weighted by Gasteiger charge is -2.08. The summed E-state index contributed by atoms with van der Waals surface area (Å²) in [5.41, 5.74) is 0. The number of thioether (sulfide) groups is 4. The van der Waals surface area contributed by atoms with Crippen molar-refractivity contribution in [2.24, 2.45) is 0 Å². The summed E-state index contributed by atoms with van der Waals surface area (Å²) in [6, 6.07) is 0. The van der Waals surface area contributed by atoms with Gasteiger partial charge in [-0.05, 0) is 10.8 Å². The van der Waals surface area contributed by atoms with Gasteiger partial charge in [0.05, 0.1) is 127 Å². The van der Waals surface area contributed by atoms with Gasteiger partial charge in [0.15, 0.2) is 0 Å². The van der Waals surface area contributed by atoms with Crippen molar-refractivity contribution in [1.82, 2.24) is 0 Å². The molecule has 0 saturated carbocycles. The van der Waals surface area contributed by atoms with E-state index in [1.54, 1.807) is 47.0 Å². The molecular weight excluding hydrogens is 577 g/mol. The van der Waals surface area contributed by atoms with Crippen LogP contribution < -0.4 is 0 Å². The van der Waals surface area contributed by atoms with Crippen molar-refractivity contribution < 1.29 is 48.1 Å². The highest BCUT2D eigenvalue weighted by Crippen LogP contribution is 2.55. The Balaban J connectivity index is 1.38. The van der Waals surface area contributed by atoms with Gasteiger partial charge in [0.1, 0.15) is 0 Å². The normalized spacial score (nSPS) is 17.4. The molecule has 2 N–H and O–H groups in total. The number of hydrogen-bond acceptors (Lipinski definition) is 14. The molecule has 0 aromatic rings. The molecule has 0 aliphatic carbocycles. The van der Waals surface area contributed by atoms with Gasteiger partial charge < -0.3 is 48.1 Å². The maximum Gasteiger partial charge on any atom is 0.0785 e. The van der Waals surface area contributed by atoms with Crippen LogP contribution in [0.3, 0.4) is 0 Å². The van der Waals surface area contributed by atoms with Crippen molar-refractivity contribution >= 4 is 47.0 Å². The Morgan fingerprint density at radius 1 is 0.421 bits per heavy atom. The number of ether oxygens (including phenoxy) is 8. The second-order valence-electron chi connectivity index (χ2n) is 7.41. The van der Waals surface area contributed by atoms with E-state index in [0.717, 1.165) is 0 Å². The standard InChI is InChI=1S/C24H40O10S4/c25-1-3-27-5-7-29-9-11-31-13-15-33-17-21-19-35-23(37-21)24-36-20-22(38-24)18-34-16-14-32-12-10-30-8-6-28-4-2-26/h19-20,25-26H,1-18H2/b24-23+. The first-order valence-electron chi connectivity index (χ1n) is 12.5. The molecule has 0 saturated heterocycles. The second kappa shape index (κ2) is 25.0. The summed E-state index contributed by atoms with van der Waals surface area (Å²) in [7, 11) is 0. The molecule has 38 heavy (non-hydrogen) atoms. The van der Waals surface area contributed by atoms with Gasteiger partial charge in [-0.3, -0.25) is 0 Å². The highest BCUT2D eigenvalue weighted by molar-refractivity contribution is 8.33. The van der Waals surface area contributed by atoms with Gasteiger partial charge in [-0.25, -0.2) is 0 Å². The van der Waals surface area contributed by atoms with Crippen molar-refractivity contribution in [2.45, 2.75) is 0 Å². The summed E-state index contributed by atoms with van der Waals surface area (Å²) >= 11 is 7.01. The number of aliphatic hydroxyl groups excluding tert-OH is 2. The van der Waals surface area contributed by atoms with E-state index in [-0.39, 0.29) is 13.2 Å². The lowest BCUT2D eigenvalue weighted by Crippen LogP contribution is -2.12. The van der Waals surface area contributed by atoms with Crippen LogP contribution in [0.5, 0.6) is 0 Å². The molecule has 0 aromatic heterocycles. The van der Waals surface area contributed by atoms with Crippen molar-refractivity contribution in [3.63, 3.8) is 0 Å². The zero-order chi connectivity index (χ0) is 26.9. The Labute approximate surface area is 242 Å². The van der Waals surface area contributed by atoms with E-state index in [2.05, 4.69) is 10.8 Å². The van der Waals surface area contributed by atoms with Gasteiger partial charge in [-0.15, -0.1) is 0 Å². The molecule has 10 nitrogen and oxygen atoms in total. The monoisotopic (exact) mass is 616 g/mol. The van der Waals surface area contributed by atoms with Crippen LogP contribution in [-0.4, -0.2) is 129 Å². The van der Waals surface area contributed by atoms with E-state index in [1.165, 1.54) is 18.3 Å². The van der Waals surface area contributed by atoms with E-state index in [9.17, 15) is 0 Å². The van der Waals surface area contributed by atoms with E-state index < -0.39 is 0 Å². The average Bonchev–Trinajstić information content (AvgIpc) is 3.60. The molecule has 0 fully saturated rings. The SMILES string of the molecule is OCCOCCOCCOCCOCC1=CS/C(=C2/SC=C(COCCOCCOCCOCCO)S2)S1. The minimum Gasteiger partial charge on any atom is -0.394 e. The van der Waals surface area contributed by atoms with Crippen molar-refractivity contribution in [1.29, 1.82) is 0 Å². The minimum atomic E-state index is 0.0305. The Morgan fingerprint density at radius 3 is 1.03 bits per heavy atom. The fourth-order valence-corrected chi connectivity index (χ4v) is 7.47. The fraction of sp³-hybridized carbons (Fsp3) is 0.750. The molecule has 14 heteroatoms. The number of hydrogen-bond donors (Lipinski definition) is 2. The van der Waals surface area contributed by atoms with Gasteiger partial charge in [0.25, 0.3) is 0 Å². The minimum absolute atomic E-state index is 0.0305. The zero-order valence-electron chi connectivity index (χ0n) is 21.7. The Bertz CT molecular complexity index is 637. The maximum absolute atomic E-state index is 8.61. The highest BCUT2D eigenvalue weighted by Gasteiger charge is 2.22. The summed E-state index contributed by atoms with van der Waals surface area (Å²) in [6.45, 7) is 8.07. The Hall–Kier alpha value is 0.220. The largest absolute Gasteiger partial charge is 0.394 e. The molecule has 0 amide bonds. The third kappa shape index (κ3) is 17.8. The van der Waals surface area contributed by atoms with Crippen LogP contribution in [0.25, 0.3) is 0 Å². The molecule has 0 radical (unpaired) electrons. The molecule has 0 bridgehead atoms. The first-order valence-corrected chi connectivity index (χ1v) is 15.9. The van der Waals surface area contributed by atoms with Crippen LogP contribution in [0.1, 0.15) is 0 Å². The number of aliphatic hydroxyl groups is 2. The molecule has 0 atom stereocenters. The molecule has 2 heterocycles. The summed E-state index contributed by atoms with van der Waals surface area (Å²) < 4.78 is 46.0. The van der Waals surface area contributed by atoms with Gasteiger partial charge in [0.2, 0.25) is 0 Å². The third-order valence-electron chi connectivity index (χ3n) is 4.40. The third-order valence-corrected chi connectivity index (χ3v) is 9.71. The topological polar surface area (TPSA) is 114 Å². The molecule has 0 spiro atoms. The van der Waals surface area contributed by atoms with E-state index >= 15 is 0 Å². The average molecular weight is 617 g/mol. The van der Waals surface area contributed by atoms with Crippen LogP contribution in [0.15, 0.2) is 29.1 Å². The number of rotatable bonds is 26. The van der Waals surface area contributed by atoms with E-state index in [4.69, 9.17) is 48.1 Å². The van der Waals surface area contributed by atoms with E-state index in [1.807, 2.05) is 0 Å². The summed E-state index contributed by atoms with van der Waals surface area (Å²) in [5, 5.41) is 21.5. The Morgan fingerprint density at radius 2 is 0.711 bits per heavy atom. The first-order chi connectivity index (χ1) is 18.8. The van der Waals surface area contributed by atoms with Crippen LogP contribution in [0.2, 0.25) is 0 Å². The summed E-state index contributed by atoms with van der Waals surface area (Å²) in [4.78, 5) is 2.40. The molecule has 2 aliphatic heterocycles. The zero-order valence-corrected chi connectivity index (χ0v) is 24.9. The van der Waals surface area contributed by atoms with Crippen LogP contribution in [-0.2, 0) is 37.9 Å². The summed E-state index contributed by atoms with van der Waals surface area (Å²) in [5.74, 6) is 0. The van der Waals surface area contributed by atoms with Gasteiger partial charge in [-0.1, -0.05) is 47.0 Å². The highest BCUT2D eigenvalue weighted by atomic mass is 32.2. The Kier molecular flexibility index (Phi) is 22.6. The predicted octanol–water partition coefficient (Wildman–Crippen LogP) is 2.87. The van der Waals surface area contributed by atoms with Gasteiger partial charge >= 0.3 is 0 Å². The molecule has 2 rings (SSSR count). The van der Waals surface area contributed by atoms with Crippen molar-refractivity contribution in [3.05, 3.63) is 29.1 Å². The van der Waals surface area contributed by atoms with Gasteiger partial charge in [-0.2, -0.15) is 0 Å². The first kappa shape index (κ1) is 34.4. The molecule has 220 valence electrons. The summed E-state index contributed by atoms with van der Waals surface area (Å²) in [6.07, 6.45) is 0. The van der Waals surface area contributed by atoms with Crippen LogP contribution >= 0.6 is 47.0 Å². The van der Waals surface area contributed by atoms with E-state index in [0.29, 0.717) is 106 Å². The van der Waals surface area contributed by atoms with Crippen LogP contribution in [0, 0.1) is 0 Å². The smallest absolute Gasteiger partial charge is 0.0785 e. The lowest BCUT2D eigenvalue weighted by atomic mass is 10.6. The molecule has 0 unspecified atom stereocenters. The lowest BCUT2D eigenvalue weighted by molar-refractivity contribution is -0.00337. The van der Waals surface area contributed by atoms with Gasteiger partial charge in [0, 0.05) is 9.81 Å². The quantitative estimate of drug-likeness (QED) is 0.139.